The molecule has 160 valence electrons. The molecule has 31 heavy (non-hydrogen) atoms. The van der Waals surface area contributed by atoms with Crippen molar-refractivity contribution in [3.05, 3.63) is 89.5 Å². The lowest BCUT2D eigenvalue weighted by Gasteiger charge is -2.19. The van der Waals surface area contributed by atoms with Crippen molar-refractivity contribution in [3.63, 3.8) is 0 Å². The summed E-state index contributed by atoms with van der Waals surface area (Å²) >= 11 is 0. The first-order chi connectivity index (χ1) is 14.8. The van der Waals surface area contributed by atoms with Gasteiger partial charge in [-0.3, -0.25) is 9.59 Å². The van der Waals surface area contributed by atoms with Crippen LogP contribution in [0.25, 0.3) is 0 Å². The number of carbonyl (C=O) groups is 2. The summed E-state index contributed by atoms with van der Waals surface area (Å²) in [7, 11) is 1.58. The van der Waals surface area contributed by atoms with Gasteiger partial charge in [-0.2, -0.15) is 0 Å². The van der Waals surface area contributed by atoms with E-state index >= 15 is 0 Å². The van der Waals surface area contributed by atoms with Crippen molar-refractivity contribution in [2.24, 2.45) is 0 Å². The van der Waals surface area contributed by atoms with Crippen molar-refractivity contribution in [2.75, 3.05) is 17.7 Å². The van der Waals surface area contributed by atoms with E-state index in [9.17, 15) is 9.59 Å². The highest BCUT2D eigenvalue weighted by Crippen LogP contribution is 2.25. The van der Waals surface area contributed by atoms with Crippen LogP contribution in [0.4, 0.5) is 11.4 Å². The summed E-state index contributed by atoms with van der Waals surface area (Å²) in [5.41, 5.74) is 3.62. The molecule has 2 N–H and O–H groups in total. The second-order valence-electron chi connectivity index (χ2n) is 8.36. The number of amides is 2. The van der Waals surface area contributed by atoms with Crippen LogP contribution in [0.5, 0.6) is 5.75 Å². The molecule has 0 fully saturated rings. The molecule has 0 radical (unpaired) electrons. The Balaban J connectivity index is 1.71. The summed E-state index contributed by atoms with van der Waals surface area (Å²) in [5, 5.41) is 5.79. The molecule has 5 nitrogen and oxygen atoms in total. The van der Waals surface area contributed by atoms with E-state index in [0.29, 0.717) is 22.7 Å². The molecule has 0 saturated carbocycles. The summed E-state index contributed by atoms with van der Waals surface area (Å²) in [5.74, 6) is 0.241. The monoisotopic (exact) mass is 416 g/mol. The number of ether oxygens (including phenoxy) is 1. The number of para-hydroxylation sites is 3. The van der Waals surface area contributed by atoms with Gasteiger partial charge in [-0.1, -0.05) is 63.2 Å². The van der Waals surface area contributed by atoms with E-state index in [0.717, 1.165) is 11.1 Å². The highest BCUT2D eigenvalue weighted by atomic mass is 16.5. The van der Waals surface area contributed by atoms with E-state index in [1.807, 2.05) is 60.7 Å². The molecule has 0 aliphatic heterocycles. The molecule has 3 rings (SSSR count). The molecule has 2 amide bonds. The minimum absolute atomic E-state index is 0.0212. The van der Waals surface area contributed by atoms with E-state index in [2.05, 4.69) is 31.4 Å². The Labute approximate surface area is 183 Å². The average molecular weight is 417 g/mol. The summed E-state index contributed by atoms with van der Waals surface area (Å²) in [6, 6.07) is 22.1. The standard InChI is InChI=1S/C26H28N2O3/c1-26(2,3)20-15-13-18(14-16-20)25(30)28-22-11-7-6-10-21(22)27-24(29)17-19-9-5-8-12-23(19)31-4/h5-16H,17H2,1-4H3,(H,27,29)(H,28,30). The third-order valence-electron chi connectivity index (χ3n) is 5.01. The number of anilines is 2. The molecule has 0 saturated heterocycles. The quantitative estimate of drug-likeness (QED) is 0.563. The largest absolute Gasteiger partial charge is 0.496 e. The third-order valence-corrected chi connectivity index (χ3v) is 5.01. The van der Waals surface area contributed by atoms with Gasteiger partial charge in [0.15, 0.2) is 0 Å². The van der Waals surface area contributed by atoms with Crippen molar-refractivity contribution in [1.29, 1.82) is 0 Å². The number of methoxy groups -OCH3 is 1. The third kappa shape index (κ3) is 5.72. The SMILES string of the molecule is COc1ccccc1CC(=O)Nc1ccccc1NC(=O)c1ccc(C(C)(C)C)cc1. The van der Waals surface area contributed by atoms with Gasteiger partial charge in [-0.05, 0) is 41.3 Å². The van der Waals surface area contributed by atoms with Crippen molar-refractivity contribution in [1.82, 2.24) is 0 Å². The molecule has 0 unspecified atom stereocenters. The Kier molecular flexibility index (Phi) is 6.75. The second kappa shape index (κ2) is 9.47. The van der Waals surface area contributed by atoms with E-state index in [4.69, 9.17) is 4.74 Å². The Bertz CT molecular complexity index is 1070. The fraction of sp³-hybridized carbons (Fsp3) is 0.231. The summed E-state index contributed by atoms with van der Waals surface area (Å²) in [4.78, 5) is 25.4. The van der Waals surface area contributed by atoms with Gasteiger partial charge in [0, 0.05) is 11.1 Å². The van der Waals surface area contributed by atoms with Gasteiger partial charge in [-0.25, -0.2) is 0 Å². The Morgan fingerprint density at radius 2 is 1.39 bits per heavy atom. The highest BCUT2D eigenvalue weighted by molar-refractivity contribution is 6.07. The maximum Gasteiger partial charge on any atom is 0.255 e. The van der Waals surface area contributed by atoms with Crippen molar-refractivity contribution < 1.29 is 14.3 Å². The van der Waals surface area contributed by atoms with Crippen LogP contribution in [0.15, 0.2) is 72.8 Å². The van der Waals surface area contributed by atoms with Crippen LogP contribution in [-0.4, -0.2) is 18.9 Å². The fourth-order valence-corrected chi connectivity index (χ4v) is 3.23. The number of hydrogen-bond acceptors (Lipinski definition) is 3. The van der Waals surface area contributed by atoms with E-state index in [1.165, 1.54) is 0 Å². The first kappa shape index (κ1) is 22.1. The molecule has 0 aromatic heterocycles. The van der Waals surface area contributed by atoms with Crippen LogP contribution in [0.2, 0.25) is 0 Å². The molecule has 0 spiro atoms. The molecule has 0 bridgehead atoms. The summed E-state index contributed by atoms with van der Waals surface area (Å²) < 4.78 is 5.31. The Morgan fingerprint density at radius 3 is 2.00 bits per heavy atom. The first-order valence-corrected chi connectivity index (χ1v) is 10.2. The molecule has 0 heterocycles. The smallest absolute Gasteiger partial charge is 0.255 e. The lowest BCUT2D eigenvalue weighted by Crippen LogP contribution is -2.18. The maximum atomic E-state index is 12.7. The Morgan fingerprint density at radius 1 is 0.806 bits per heavy atom. The van der Waals surface area contributed by atoms with Gasteiger partial charge in [0.1, 0.15) is 5.75 Å². The van der Waals surface area contributed by atoms with Crippen LogP contribution < -0.4 is 15.4 Å². The van der Waals surface area contributed by atoms with E-state index in [1.54, 1.807) is 19.2 Å². The fourth-order valence-electron chi connectivity index (χ4n) is 3.23. The van der Waals surface area contributed by atoms with Crippen LogP contribution in [0, 0.1) is 0 Å². The van der Waals surface area contributed by atoms with Gasteiger partial charge in [0.25, 0.3) is 5.91 Å². The number of carbonyl (C=O) groups excluding carboxylic acids is 2. The first-order valence-electron chi connectivity index (χ1n) is 10.2. The molecule has 0 aliphatic carbocycles. The van der Waals surface area contributed by atoms with Gasteiger partial charge in [0.05, 0.1) is 24.9 Å². The van der Waals surface area contributed by atoms with E-state index in [-0.39, 0.29) is 23.7 Å². The molecule has 0 aliphatic rings. The van der Waals surface area contributed by atoms with E-state index < -0.39 is 0 Å². The van der Waals surface area contributed by atoms with Gasteiger partial charge in [0.2, 0.25) is 5.91 Å². The average Bonchev–Trinajstić information content (AvgIpc) is 2.75. The zero-order valence-electron chi connectivity index (χ0n) is 18.4. The lowest BCUT2D eigenvalue weighted by atomic mass is 9.87. The van der Waals surface area contributed by atoms with Crippen LogP contribution in [-0.2, 0) is 16.6 Å². The number of nitrogens with one attached hydrogen (secondary N) is 2. The minimum Gasteiger partial charge on any atom is -0.496 e. The molecule has 3 aromatic rings. The minimum atomic E-state index is -0.230. The molecular formula is C26H28N2O3. The number of benzene rings is 3. The van der Waals surface area contributed by atoms with Crippen LogP contribution in [0.3, 0.4) is 0 Å². The van der Waals surface area contributed by atoms with Crippen molar-refractivity contribution in [2.45, 2.75) is 32.6 Å². The van der Waals surface area contributed by atoms with Gasteiger partial charge < -0.3 is 15.4 Å². The van der Waals surface area contributed by atoms with Crippen molar-refractivity contribution >= 4 is 23.2 Å². The lowest BCUT2D eigenvalue weighted by molar-refractivity contribution is -0.115. The summed E-state index contributed by atoms with van der Waals surface area (Å²) in [6.07, 6.45) is 0.167. The maximum absolute atomic E-state index is 12.7. The molecule has 3 aromatic carbocycles. The van der Waals surface area contributed by atoms with Gasteiger partial charge >= 0.3 is 0 Å². The van der Waals surface area contributed by atoms with Gasteiger partial charge in [-0.15, -0.1) is 0 Å². The highest BCUT2D eigenvalue weighted by Gasteiger charge is 2.16. The predicted molar refractivity (Wildman–Crippen MR) is 125 cm³/mol. The second-order valence-corrected chi connectivity index (χ2v) is 8.36. The Hall–Kier alpha value is -3.60. The van der Waals surface area contributed by atoms with Crippen LogP contribution in [0.1, 0.15) is 42.3 Å². The molecule has 5 heteroatoms. The van der Waals surface area contributed by atoms with Crippen LogP contribution >= 0.6 is 0 Å². The number of rotatable bonds is 6. The number of hydrogen-bond donors (Lipinski definition) is 2. The van der Waals surface area contributed by atoms with Crippen molar-refractivity contribution in [3.8, 4) is 5.75 Å². The zero-order chi connectivity index (χ0) is 22.4. The molecular weight excluding hydrogens is 388 g/mol. The normalized spacial score (nSPS) is 11.0. The predicted octanol–water partition coefficient (Wildman–Crippen LogP) is 5.43. The topological polar surface area (TPSA) is 67.4 Å². The summed E-state index contributed by atoms with van der Waals surface area (Å²) in [6.45, 7) is 6.39. The molecule has 0 atom stereocenters. The zero-order valence-corrected chi connectivity index (χ0v) is 18.4.